The Bertz CT molecular complexity index is 806. The molecule has 2 heterocycles. The first-order chi connectivity index (χ1) is 12.6. The molecule has 6 nitrogen and oxygen atoms in total. The number of amides is 1. The average Bonchev–Trinajstić information content (AvgIpc) is 2.63. The Kier molecular flexibility index (Phi) is 5.82. The fourth-order valence-electron chi connectivity index (χ4n) is 3.14. The van der Waals surface area contributed by atoms with Gasteiger partial charge in [-0.2, -0.15) is 5.26 Å². The van der Waals surface area contributed by atoms with Crippen LogP contribution in [0.15, 0.2) is 42.5 Å². The quantitative estimate of drug-likeness (QED) is 0.867. The van der Waals surface area contributed by atoms with Crippen LogP contribution in [0.1, 0.15) is 24.1 Å². The number of nitriles is 1. The second-order valence-corrected chi connectivity index (χ2v) is 6.60. The topological polar surface area (TPSA) is 81.0 Å². The molecule has 1 fully saturated rings. The van der Waals surface area contributed by atoms with Gasteiger partial charge in [-0.15, -0.1) is 0 Å². The summed E-state index contributed by atoms with van der Waals surface area (Å²) >= 11 is 0. The zero-order chi connectivity index (χ0) is 18.4. The van der Waals surface area contributed by atoms with E-state index in [1.807, 2.05) is 25.1 Å². The van der Waals surface area contributed by atoms with Crippen molar-refractivity contribution in [3.63, 3.8) is 0 Å². The highest BCUT2D eigenvalue weighted by Gasteiger charge is 2.21. The van der Waals surface area contributed by atoms with Gasteiger partial charge in [-0.3, -0.25) is 9.69 Å². The molecule has 0 unspecified atom stereocenters. The van der Waals surface area contributed by atoms with Crippen LogP contribution >= 0.6 is 0 Å². The molecule has 134 valence electrons. The first-order valence-corrected chi connectivity index (χ1v) is 8.85. The predicted octanol–water partition coefficient (Wildman–Crippen LogP) is 2.78. The Morgan fingerprint density at radius 1 is 1.27 bits per heavy atom. The Morgan fingerprint density at radius 3 is 2.77 bits per heavy atom. The molecule has 1 saturated heterocycles. The van der Waals surface area contributed by atoms with E-state index in [-0.39, 0.29) is 5.91 Å². The third kappa shape index (κ3) is 5.04. The lowest BCUT2D eigenvalue weighted by Crippen LogP contribution is -2.42. The number of nitrogens with one attached hydrogen (secondary N) is 2. The zero-order valence-electron chi connectivity index (χ0n) is 14.9. The van der Waals surface area contributed by atoms with Gasteiger partial charge in [0.15, 0.2) is 0 Å². The van der Waals surface area contributed by atoms with E-state index in [2.05, 4.69) is 26.6 Å². The molecule has 0 atom stereocenters. The second-order valence-electron chi connectivity index (χ2n) is 6.60. The molecule has 6 heteroatoms. The van der Waals surface area contributed by atoms with Gasteiger partial charge in [-0.05, 0) is 50.1 Å². The number of likely N-dealkylation sites (tertiary alicyclic amines) is 1. The Morgan fingerprint density at radius 2 is 2.04 bits per heavy atom. The minimum Gasteiger partial charge on any atom is -0.367 e. The van der Waals surface area contributed by atoms with Crippen LogP contribution in [0, 0.1) is 18.3 Å². The normalized spacial score (nSPS) is 15.2. The summed E-state index contributed by atoms with van der Waals surface area (Å²) in [6, 6.07) is 15.4. The third-order valence-electron chi connectivity index (χ3n) is 4.47. The highest BCUT2D eigenvalue weighted by Crippen LogP contribution is 2.16. The highest BCUT2D eigenvalue weighted by atomic mass is 16.2. The highest BCUT2D eigenvalue weighted by molar-refractivity contribution is 5.92. The maximum Gasteiger partial charge on any atom is 0.238 e. The number of rotatable bonds is 5. The number of benzene rings is 1. The van der Waals surface area contributed by atoms with Gasteiger partial charge >= 0.3 is 0 Å². The van der Waals surface area contributed by atoms with E-state index in [9.17, 15) is 4.79 Å². The van der Waals surface area contributed by atoms with Gasteiger partial charge in [-0.25, -0.2) is 4.98 Å². The molecule has 3 rings (SSSR count). The smallest absolute Gasteiger partial charge is 0.238 e. The number of nitrogens with zero attached hydrogens (tertiary/aromatic N) is 3. The van der Waals surface area contributed by atoms with Crippen LogP contribution in [0.25, 0.3) is 0 Å². The number of carbonyl (C=O) groups excluding carboxylic acids is 1. The summed E-state index contributed by atoms with van der Waals surface area (Å²) in [5.74, 6) is 0.866. The van der Waals surface area contributed by atoms with Crippen molar-refractivity contribution in [2.75, 3.05) is 30.3 Å². The summed E-state index contributed by atoms with van der Waals surface area (Å²) in [5, 5.41) is 15.3. The Balaban J connectivity index is 1.44. The number of aryl methyl sites for hydroxylation is 1. The van der Waals surface area contributed by atoms with Crippen molar-refractivity contribution in [1.29, 1.82) is 5.26 Å². The summed E-state index contributed by atoms with van der Waals surface area (Å²) in [7, 11) is 0. The minimum atomic E-state index is -0.0492. The molecule has 1 aromatic heterocycles. The van der Waals surface area contributed by atoms with Crippen molar-refractivity contribution in [2.45, 2.75) is 25.8 Å². The molecule has 0 saturated carbocycles. The minimum absolute atomic E-state index is 0.0492. The average molecular weight is 349 g/mol. The SMILES string of the molecule is Cc1cccc(NC2CCN(CC(=O)Nc3cccc(C#N)c3)CC2)n1. The molecule has 0 aliphatic carbocycles. The van der Waals surface area contributed by atoms with Crippen molar-refractivity contribution < 1.29 is 4.79 Å². The monoisotopic (exact) mass is 349 g/mol. The molecule has 2 N–H and O–H groups in total. The van der Waals surface area contributed by atoms with Crippen LogP contribution in [0.4, 0.5) is 11.5 Å². The molecule has 0 bridgehead atoms. The maximum atomic E-state index is 12.2. The lowest BCUT2D eigenvalue weighted by molar-refractivity contribution is -0.117. The van der Waals surface area contributed by atoms with Gasteiger partial charge in [0.25, 0.3) is 0 Å². The Labute approximate surface area is 153 Å². The van der Waals surface area contributed by atoms with Crippen LogP contribution < -0.4 is 10.6 Å². The predicted molar refractivity (Wildman–Crippen MR) is 102 cm³/mol. The largest absolute Gasteiger partial charge is 0.367 e. The van der Waals surface area contributed by atoms with Gasteiger partial charge in [-0.1, -0.05) is 12.1 Å². The number of hydrogen-bond acceptors (Lipinski definition) is 5. The van der Waals surface area contributed by atoms with Crippen molar-refractivity contribution in [2.24, 2.45) is 0 Å². The summed E-state index contributed by atoms with van der Waals surface area (Å²) in [6.07, 6.45) is 1.96. The summed E-state index contributed by atoms with van der Waals surface area (Å²) in [4.78, 5) is 18.9. The van der Waals surface area contributed by atoms with Gasteiger partial charge in [0.2, 0.25) is 5.91 Å². The van der Waals surface area contributed by atoms with Crippen molar-refractivity contribution in [3.05, 3.63) is 53.7 Å². The molecule has 1 aliphatic heterocycles. The number of piperidine rings is 1. The van der Waals surface area contributed by atoms with Gasteiger partial charge in [0.05, 0.1) is 18.2 Å². The number of anilines is 2. The molecular formula is C20H23N5O. The Hall–Kier alpha value is -2.91. The third-order valence-corrected chi connectivity index (χ3v) is 4.47. The van der Waals surface area contributed by atoms with Crippen LogP contribution in [0.5, 0.6) is 0 Å². The molecule has 1 amide bonds. The lowest BCUT2D eigenvalue weighted by atomic mass is 10.0. The maximum absolute atomic E-state index is 12.2. The van der Waals surface area contributed by atoms with E-state index in [4.69, 9.17) is 5.26 Å². The van der Waals surface area contributed by atoms with E-state index < -0.39 is 0 Å². The standard InChI is InChI=1S/C20H23N5O/c1-15-4-2-7-19(22-15)23-17-8-10-25(11-9-17)14-20(26)24-18-6-3-5-16(12-18)13-21/h2-7,12,17H,8-11,14H2,1H3,(H,22,23)(H,24,26). The number of pyridine rings is 1. The van der Waals surface area contributed by atoms with Crippen molar-refractivity contribution >= 4 is 17.4 Å². The van der Waals surface area contributed by atoms with Gasteiger partial charge < -0.3 is 10.6 Å². The molecule has 1 aromatic carbocycles. The van der Waals surface area contributed by atoms with Crippen LogP contribution in [0.2, 0.25) is 0 Å². The molecule has 1 aliphatic rings. The van der Waals surface area contributed by atoms with E-state index in [1.165, 1.54) is 0 Å². The summed E-state index contributed by atoms with van der Waals surface area (Å²) < 4.78 is 0. The molecule has 26 heavy (non-hydrogen) atoms. The van der Waals surface area contributed by atoms with Gasteiger partial charge in [0.1, 0.15) is 5.82 Å². The van der Waals surface area contributed by atoms with Crippen LogP contribution in [-0.4, -0.2) is 41.5 Å². The van der Waals surface area contributed by atoms with E-state index in [0.717, 1.165) is 37.4 Å². The first kappa shape index (κ1) is 17.9. The van der Waals surface area contributed by atoms with Crippen LogP contribution in [0.3, 0.4) is 0 Å². The number of carbonyl (C=O) groups is 1. The molecular weight excluding hydrogens is 326 g/mol. The van der Waals surface area contributed by atoms with Crippen molar-refractivity contribution in [3.8, 4) is 6.07 Å². The first-order valence-electron chi connectivity index (χ1n) is 8.85. The fourth-order valence-corrected chi connectivity index (χ4v) is 3.14. The number of aromatic nitrogens is 1. The van der Waals surface area contributed by atoms with E-state index >= 15 is 0 Å². The van der Waals surface area contributed by atoms with E-state index in [0.29, 0.717) is 23.8 Å². The molecule has 2 aromatic rings. The second kappa shape index (κ2) is 8.45. The van der Waals surface area contributed by atoms with Crippen LogP contribution in [-0.2, 0) is 4.79 Å². The van der Waals surface area contributed by atoms with Gasteiger partial charge in [0, 0.05) is 30.5 Å². The lowest BCUT2D eigenvalue weighted by Gasteiger charge is -2.32. The van der Waals surface area contributed by atoms with Crippen molar-refractivity contribution in [1.82, 2.24) is 9.88 Å². The zero-order valence-corrected chi connectivity index (χ0v) is 14.9. The molecule has 0 radical (unpaired) electrons. The number of hydrogen-bond donors (Lipinski definition) is 2. The summed E-state index contributed by atoms with van der Waals surface area (Å²) in [6.45, 7) is 4.09. The summed E-state index contributed by atoms with van der Waals surface area (Å²) in [5.41, 5.74) is 2.21. The van der Waals surface area contributed by atoms with E-state index in [1.54, 1.807) is 24.3 Å². The molecule has 0 spiro atoms. The fraction of sp³-hybridized carbons (Fsp3) is 0.350.